The summed E-state index contributed by atoms with van der Waals surface area (Å²) in [5, 5.41) is 21.3. The van der Waals surface area contributed by atoms with Gasteiger partial charge in [-0.25, -0.2) is 0 Å². The van der Waals surface area contributed by atoms with E-state index >= 15 is 0 Å². The first-order valence-corrected chi connectivity index (χ1v) is 12.1. The molecule has 0 radical (unpaired) electrons. The Bertz CT molecular complexity index is 1020. The number of hydrogen-bond donors (Lipinski definition) is 3. The molecule has 176 valence electrons. The molecule has 2 amide bonds. The molecule has 1 atom stereocenters. The molecule has 0 spiro atoms. The fraction of sp³-hybridized carbons (Fsp3) is 0.583. The summed E-state index contributed by atoms with van der Waals surface area (Å²) < 4.78 is 1.70. The second-order valence-corrected chi connectivity index (χ2v) is 10.00. The van der Waals surface area contributed by atoms with E-state index in [1.54, 1.807) is 10.9 Å². The van der Waals surface area contributed by atoms with Gasteiger partial charge in [0.25, 0.3) is 5.91 Å². The van der Waals surface area contributed by atoms with Gasteiger partial charge in [-0.15, -0.1) is 0 Å². The van der Waals surface area contributed by atoms with Gasteiger partial charge in [0.15, 0.2) is 5.82 Å². The van der Waals surface area contributed by atoms with Crippen LogP contribution in [0.4, 0.5) is 5.82 Å². The van der Waals surface area contributed by atoms with Crippen molar-refractivity contribution < 1.29 is 9.59 Å². The lowest BCUT2D eigenvalue weighted by Gasteiger charge is -2.39. The summed E-state index contributed by atoms with van der Waals surface area (Å²) >= 11 is 6.40. The predicted octanol–water partition coefficient (Wildman–Crippen LogP) is 3.56. The Morgan fingerprint density at radius 1 is 1.33 bits per heavy atom. The van der Waals surface area contributed by atoms with Gasteiger partial charge in [0, 0.05) is 29.7 Å². The van der Waals surface area contributed by atoms with E-state index in [-0.39, 0.29) is 29.6 Å². The van der Waals surface area contributed by atoms with Crippen molar-refractivity contribution in [3.8, 4) is 6.07 Å². The van der Waals surface area contributed by atoms with E-state index in [4.69, 9.17) is 17.3 Å². The second kappa shape index (κ2) is 9.70. The quantitative estimate of drug-likeness (QED) is 0.535. The molecule has 9 heteroatoms. The topological polar surface area (TPSA) is 126 Å². The Kier molecular flexibility index (Phi) is 6.91. The van der Waals surface area contributed by atoms with Crippen LogP contribution in [0.15, 0.2) is 29.0 Å². The van der Waals surface area contributed by atoms with Crippen LogP contribution in [0, 0.1) is 23.2 Å². The van der Waals surface area contributed by atoms with Crippen LogP contribution in [0.25, 0.3) is 0 Å². The summed E-state index contributed by atoms with van der Waals surface area (Å²) in [5.41, 5.74) is 6.45. The summed E-state index contributed by atoms with van der Waals surface area (Å²) in [6.45, 7) is 2.94. The predicted molar refractivity (Wildman–Crippen MR) is 126 cm³/mol. The molecule has 3 aliphatic carbocycles. The van der Waals surface area contributed by atoms with Crippen molar-refractivity contribution in [1.29, 1.82) is 5.26 Å². The Labute approximate surface area is 199 Å². The van der Waals surface area contributed by atoms with Crippen LogP contribution in [0.1, 0.15) is 68.6 Å². The summed E-state index contributed by atoms with van der Waals surface area (Å²) in [6, 6.07) is 2.61. The van der Waals surface area contributed by atoms with Crippen LogP contribution >= 0.6 is 11.6 Å². The highest BCUT2D eigenvalue weighted by molar-refractivity contribution is 6.31. The highest BCUT2D eigenvalue weighted by Crippen LogP contribution is 2.39. The number of amides is 2. The number of halogens is 1. The number of nitriles is 1. The normalized spacial score (nSPS) is 27.3. The lowest BCUT2D eigenvalue weighted by molar-refractivity contribution is -0.117. The van der Waals surface area contributed by atoms with Gasteiger partial charge < -0.3 is 16.4 Å². The van der Waals surface area contributed by atoms with E-state index < -0.39 is 11.4 Å². The molecule has 0 aliphatic heterocycles. The number of nitrogens with zero attached hydrogens (tertiary/aromatic N) is 3. The maximum atomic E-state index is 12.2. The number of carbonyl (C=O) groups excluding carboxylic acids is 2. The molecule has 4 N–H and O–H groups in total. The third-order valence-corrected chi connectivity index (χ3v) is 7.59. The first-order chi connectivity index (χ1) is 15.8. The molecule has 33 heavy (non-hydrogen) atoms. The van der Waals surface area contributed by atoms with Crippen LogP contribution in [-0.2, 0) is 10.3 Å². The number of primary amides is 1. The summed E-state index contributed by atoms with van der Waals surface area (Å²) in [7, 11) is 0. The van der Waals surface area contributed by atoms with Gasteiger partial charge in [-0.05, 0) is 62.5 Å². The van der Waals surface area contributed by atoms with Crippen molar-refractivity contribution >= 4 is 29.2 Å². The number of allylic oxidation sites excluding steroid dienone is 3. The highest BCUT2D eigenvalue weighted by atomic mass is 35.5. The molecule has 0 aromatic carbocycles. The molecule has 1 unspecified atom stereocenters. The van der Waals surface area contributed by atoms with Crippen LogP contribution in [-0.4, -0.2) is 34.2 Å². The average Bonchev–Trinajstić information content (AvgIpc) is 3.55. The maximum absolute atomic E-state index is 12.2. The van der Waals surface area contributed by atoms with Crippen LogP contribution in [0.3, 0.4) is 0 Å². The third kappa shape index (κ3) is 5.15. The van der Waals surface area contributed by atoms with Crippen molar-refractivity contribution in [3.63, 3.8) is 0 Å². The Balaban J connectivity index is 1.46. The van der Waals surface area contributed by atoms with Gasteiger partial charge in [0.2, 0.25) is 5.91 Å². The molecule has 0 saturated heterocycles. The number of nitrogens with one attached hydrogen (secondary N) is 2. The highest BCUT2D eigenvalue weighted by Gasteiger charge is 2.39. The average molecular weight is 471 g/mol. The largest absolute Gasteiger partial charge is 0.365 e. The zero-order valence-corrected chi connectivity index (χ0v) is 19.7. The molecule has 1 aromatic heterocycles. The molecule has 2 fully saturated rings. The zero-order chi connectivity index (χ0) is 23.6. The smallest absolute Gasteiger partial charge is 0.254 e. The first-order valence-electron chi connectivity index (χ1n) is 11.7. The molecule has 2 saturated carbocycles. The number of carbonyl (C=O) groups is 2. The van der Waals surface area contributed by atoms with Gasteiger partial charge in [-0.3, -0.25) is 14.3 Å². The van der Waals surface area contributed by atoms with Crippen molar-refractivity contribution in [1.82, 2.24) is 15.1 Å². The van der Waals surface area contributed by atoms with Crippen molar-refractivity contribution in [3.05, 3.63) is 34.5 Å². The zero-order valence-electron chi connectivity index (χ0n) is 18.9. The Hall–Kier alpha value is -2.63. The standard InChI is InChI=1S/C24H31ClN6O2/c1-15-3-2-4-20(25)18(15)13-28-17-7-9-24(10-8-17,11-12-26)31-14-19(21(27)32)22(30-31)29-23(33)16-5-6-16/h2,4,14-17,28H,3,5-11,13H2,1H3,(H2,27,32)(H,29,30,33). The number of rotatable bonds is 8. The first kappa shape index (κ1) is 23.5. The molecule has 1 heterocycles. The van der Waals surface area contributed by atoms with Gasteiger partial charge >= 0.3 is 0 Å². The van der Waals surface area contributed by atoms with Crippen molar-refractivity contribution in [2.75, 3.05) is 11.9 Å². The lowest BCUT2D eigenvalue weighted by atomic mass is 9.77. The Morgan fingerprint density at radius 3 is 2.67 bits per heavy atom. The molecular weight excluding hydrogens is 440 g/mol. The molecular formula is C24H31ClN6O2. The monoisotopic (exact) mass is 470 g/mol. The van der Waals surface area contributed by atoms with E-state index in [9.17, 15) is 14.9 Å². The fourth-order valence-corrected chi connectivity index (χ4v) is 5.16. The number of anilines is 1. The van der Waals surface area contributed by atoms with E-state index in [1.165, 1.54) is 5.57 Å². The summed E-state index contributed by atoms with van der Waals surface area (Å²) in [4.78, 5) is 24.3. The van der Waals surface area contributed by atoms with E-state index in [1.807, 2.05) is 6.08 Å². The van der Waals surface area contributed by atoms with Gasteiger partial charge in [0.05, 0.1) is 18.0 Å². The molecule has 3 aliphatic rings. The Morgan fingerprint density at radius 2 is 2.06 bits per heavy atom. The van der Waals surface area contributed by atoms with Gasteiger partial charge in [-0.2, -0.15) is 10.4 Å². The number of hydrogen-bond acceptors (Lipinski definition) is 5. The van der Waals surface area contributed by atoms with Gasteiger partial charge in [0.1, 0.15) is 5.56 Å². The minimum absolute atomic E-state index is 0.0172. The maximum Gasteiger partial charge on any atom is 0.254 e. The van der Waals surface area contributed by atoms with Crippen LogP contribution in [0.2, 0.25) is 0 Å². The van der Waals surface area contributed by atoms with E-state index in [0.717, 1.165) is 56.5 Å². The summed E-state index contributed by atoms with van der Waals surface area (Å²) in [5.74, 6) is -0.175. The van der Waals surface area contributed by atoms with Crippen molar-refractivity contribution in [2.45, 2.75) is 69.9 Å². The van der Waals surface area contributed by atoms with E-state index in [0.29, 0.717) is 12.0 Å². The van der Waals surface area contributed by atoms with Crippen molar-refractivity contribution in [2.24, 2.45) is 17.6 Å². The lowest BCUT2D eigenvalue weighted by Crippen LogP contribution is -2.44. The van der Waals surface area contributed by atoms with Crippen LogP contribution in [0.5, 0.6) is 0 Å². The minimum atomic E-state index is -0.643. The third-order valence-electron chi connectivity index (χ3n) is 7.22. The van der Waals surface area contributed by atoms with E-state index in [2.05, 4.69) is 34.8 Å². The van der Waals surface area contributed by atoms with Crippen LogP contribution < -0.4 is 16.4 Å². The minimum Gasteiger partial charge on any atom is -0.365 e. The number of nitrogens with two attached hydrogens (primary N) is 1. The SMILES string of the molecule is CC1CC=CC(Cl)=C1CNC1CCC(CC#N)(n2cc(C(N)=O)c(NC(=O)C3CC3)n2)CC1. The molecule has 8 nitrogen and oxygen atoms in total. The molecule has 4 rings (SSSR count). The molecule has 1 aromatic rings. The second-order valence-electron chi connectivity index (χ2n) is 9.59. The summed E-state index contributed by atoms with van der Waals surface area (Å²) in [6.07, 6.45) is 11.9. The number of aromatic nitrogens is 2. The van der Waals surface area contributed by atoms with Gasteiger partial charge in [-0.1, -0.05) is 24.6 Å². The molecule has 0 bridgehead atoms. The fourth-order valence-electron chi connectivity index (χ4n) is 4.82.